The highest BCUT2D eigenvalue weighted by atomic mass is 32.2. The molecule has 260 valence electrons. The fraction of sp³-hybridized carbons (Fsp3) is 0.371. The van der Waals surface area contributed by atoms with Gasteiger partial charge in [-0.15, -0.1) is 10.2 Å². The minimum absolute atomic E-state index is 0.115. The van der Waals surface area contributed by atoms with Crippen LogP contribution in [0.5, 0.6) is 11.5 Å². The average Bonchev–Trinajstić information content (AvgIpc) is 3.45. The van der Waals surface area contributed by atoms with E-state index in [-0.39, 0.29) is 17.1 Å². The molecule has 2 amide bonds. The molecule has 1 aliphatic carbocycles. The second-order valence-corrected chi connectivity index (χ2v) is 15.6. The first-order valence-electron chi connectivity index (χ1n) is 15.6. The van der Waals surface area contributed by atoms with Gasteiger partial charge >= 0.3 is 6.03 Å². The molecule has 0 saturated heterocycles. The molecule has 5 rings (SSSR count). The zero-order chi connectivity index (χ0) is 35.9. The van der Waals surface area contributed by atoms with Crippen LogP contribution in [-0.2, 0) is 31.3 Å². The number of ether oxygens (including phenoxy) is 2. The summed E-state index contributed by atoms with van der Waals surface area (Å²) in [5, 5.41) is 14.3. The molecular formula is C35H43N7O6S. The van der Waals surface area contributed by atoms with Gasteiger partial charge in [-0.3, -0.25) is 18.8 Å². The van der Waals surface area contributed by atoms with Crippen molar-refractivity contribution in [2.24, 2.45) is 0 Å². The molecule has 0 saturated carbocycles. The summed E-state index contributed by atoms with van der Waals surface area (Å²) in [6, 6.07) is 13.5. The van der Waals surface area contributed by atoms with Crippen molar-refractivity contribution in [2.45, 2.75) is 57.2 Å². The number of aromatic nitrogens is 3. The summed E-state index contributed by atoms with van der Waals surface area (Å²) >= 11 is 0. The van der Waals surface area contributed by atoms with Crippen molar-refractivity contribution < 1.29 is 27.5 Å². The van der Waals surface area contributed by atoms with E-state index >= 15 is 0 Å². The fourth-order valence-electron chi connectivity index (χ4n) is 5.59. The normalized spacial score (nSPS) is 17.8. The van der Waals surface area contributed by atoms with E-state index in [0.717, 1.165) is 17.6 Å². The number of sulfonamides is 1. The number of hydrogen-bond donors (Lipinski definition) is 3. The van der Waals surface area contributed by atoms with Crippen LogP contribution in [0.1, 0.15) is 63.2 Å². The SMILES string of the molecule is COc1c(NC(=O)N[C@@]2(C=O)C=C[C@@H](Oc3ccc4nnc(C(C)(C)N(C)C)n4c3)c3ccccc32)cc(C(C)(C)C)cc1NS(C)(=O)=O. The van der Waals surface area contributed by atoms with Crippen molar-refractivity contribution in [3.63, 3.8) is 0 Å². The highest BCUT2D eigenvalue weighted by Crippen LogP contribution is 2.40. The molecule has 14 heteroatoms. The molecule has 2 aromatic heterocycles. The topological polar surface area (TPSA) is 156 Å². The van der Waals surface area contributed by atoms with Crippen molar-refractivity contribution >= 4 is 39.4 Å². The highest BCUT2D eigenvalue weighted by molar-refractivity contribution is 7.92. The first kappa shape index (κ1) is 35.4. The Kier molecular flexibility index (Phi) is 9.25. The average molecular weight is 690 g/mol. The molecule has 0 aliphatic heterocycles. The molecule has 2 aromatic carbocycles. The van der Waals surface area contributed by atoms with Gasteiger partial charge in [0.2, 0.25) is 10.0 Å². The Balaban J connectivity index is 1.46. The maximum atomic E-state index is 13.7. The summed E-state index contributed by atoms with van der Waals surface area (Å²) in [4.78, 5) is 28.6. The molecular weight excluding hydrogens is 646 g/mol. The predicted molar refractivity (Wildman–Crippen MR) is 189 cm³/mol. The molecule has 4 aromatic rings. The molecule has 0 fully saturated rings. The van der Waals surface area contributed by atoms with Gasteiger partial charge in [-0.2, -0.15) is 0 Å². The van der Waals surface area contributed by atoms with Crippen LogP contribution in [-0.4, -0.2) is 67.7 Å². The summed E-state index contributed by atoms with van der Waals surface area (Å²) in [6.07, 6.45) is 6.28. The van der Waals surface area contributed by atoms with Gasteiger partial charge in [0, 0.05) is 5.56 Å². The lowest BCUT2D eigenvalue weighted by Crippen LogP contribution is -2.49. The lowest BCUT2D eigenvalue weighted by Gasteiger charge is -2.34. The number of hydrogen-bond acceptors (Lipinski definition) is 9. The summed E-state index contributed by atoms with van der Waals surface area (Å²) in [5.41, 5.74) is 0.669. The number of methoxy groups -OCH3 is 1. The summed E-state index contributed by atoms with van der Waals surface area (Å²) < 4.78 is 40.7. The van der Waals surface area contributed by atoms with Crippen molar-refractivity contribution in [1.29, 1.82) is 0 Å². The predicted octanol–water partition coefficient (Wildman–Crippen LogP) is 5.11. The lowest BCUT2D eigenvalue weighted by atomic mass is 9.81. The van der Waals surface area contributed by atoms with E-state index in [1.165, 1.54) is 7.11 Å². The third-order valence-corrected chi connectivity index (χ3v) is 9.35. The number of carbonyl (C=O) groups is 2. The van der Waals surface area contributed by atoms with E-state index < -0.39 is 38.7 Å². The Bertz CT molecular complexity index is 2050. The summed E-state index contributed by atoms with van der Waals surface area (Å²) in [5.74, 6) is 1.42. The van der Waals surface area contributed by atoms with Crippen LogP contribution >= 0.6 is 0 Å². The van der Waals surface area contributed by atoms with Crippen LogP contribution in [0.4, 0.5) is 16.2 Å². The third-order valence-electron chi connectivity index (χ3n) is 8.76. The third kappa shape index (κ3) is 7.10. The van der Waals surface area contributed by atoms with Gasteiger partial charge < -0.3 is 20.1 Å². The van der Waals surface area contributed by atoms with Crippen LogP contribution in [0.2, 0.25) is 0 Å². The lowest BCUT2D eigenvalue weighted by molar-refractivity contribution is -0.111. The standard InChI is InChI=1S/C35H43N7O6S/c1-33(2,3)22-18-26(30(47-8)27(19-22)40-49(9,45)46)36-32(44)37-35(21-43)17-16-28(24-12-10-11-13-25(24)35)48-23-14-15-29-38-39-31(42(29)20-23)34(4,5)41(6)7/h10-21,28,40H,1-9H3,(H2,36,37,44)/t28-,35-/m1/s1. The maximum Gasteiger partial charge on any atom is 0.320 e. The van der Waals surface area contributed by atoms with Gasteiger partial charge in [0.1, 0.15) is 17.4 Å². The number of benzene rings is 2. The molecule has 1 aliphatic rings. The monoisotopic (exact) mass is 689 g/mol. The second kappa shape index (κ2) is 12.8. The van der Waals surface area contributed by atoms with Gasteiger partial charge in [0.25, 0.3) is 0 Å². The number of aldehydes is 1. The van der Waals surface area contributed by atoms with Gasteiger partial charge in [0.05, 0.1) is 36.5 Å². The number of pyridine rings is 1. The summed E-state index contributed by atoms with van der Waals surface area (Å²) in [6.45, 7) is 9.99. The fourth-order valence-corrected chi connectivity index (χ4v) is 6.15. The first-order valence-corrected chi connectivity index (χ1v) is 17.5. The van der Waals surface area contributed by atoms with E-state index in [1.807, 2.05) is 69.7 Å². The number of nitrogens with zero attached hydrogens (tertiary/aromatic N) is 4. The number of carbonyl (C=O) groups excluding carboxylic acids is 2. The molecule has 0 radical (unpaired) electrons. The number of anilines is 2. The van der Waals surface area contributed by atoms with E-state index in [0.29, 0.717) is 28.8 Å². The second-order valence-electron chi connectivity index (χ2n) is 13.8. The molecule has 13 nitrogen and oxygen atoms in total. The minimum Gasteiger partial charge on any atom is -0.492 e. The largest absolute Gasteiger partial charge is 0.492 e. The molecule has 0 spiro atoms. The molecule has 2 heterocycles. The zero-order valence-corrected chi connectivity index (χ0v) is 30.0. The summed E-state index contributed by atoms with van der Waals surface area (Å²) in [7, 11) is 1.66. The molecule has 49 heavy (non-hydrogen) atoms. The Morgan fingerprint density at radius 3 is 2.37 bits per heavy atom. The Morgan fingerprint density at radius 2 is 1.73 bits per heavy atom. The van der Waals surface area contributed by atoms with Gasteiger partial charge in [-0.1, -0.05) is 45.0 Å². The molecule has 0 bridgehead atoms. The Hall–Kier alpha value is -4.95. The number of fused-ring (bicyclic) bond motifs is 2. The van der Waals surface area contributed by atoms with Crippen LogP contribution < -0.4 is 24.8 Å². The number of urea groups is 1. The van der Waals surface area contributed by atoms with Gasteiger partial charge in [0.15, 0.2) is 23.5 Å². The molecule has 2 atom stereocenters. The van der Waals surface area contributed by atoms with Gasteiger partial charge in [-0.05, 0) is 80.9 Å². The minimum atomic E-state index is -3.67. The number of rotatable bonds is 10. The number of nitrogens with one attached hydrogen (secondary N) is 3. The van der Waals surface area contributed by atoms with E-state index in [1.54, 1.807) is 36.4 Å². The highest BCUT2D eigenvalue weighted by Gasteiger charge is 2.39. The van der Waals surface area contributed by atoms with Crippen LogP contribution in [0.25, 0.3) is 5.65 Å². The van der Waals surface area contributed by atoms with Crippen molar-refractivity contribution in [3.05, 3.63) is 89.4 Å². The Morgan fingerprint density at radius 1 is 1.04 bits per heavy atom. The van der Waals surface area contributed by atoms with E-state index in [9.17, 15) is 18.0 Å². The van der Waals surface area contributed by atoms with Crippen LogP contribution in [0, 0.1) is 0 Å². The first-order chi connectivity index (χ1) is 22.9. The van der Waals surface area contributed by atoms with Gasteiger partial charge in [-0.25, -0.2) is 13.2 Å². The van der Waals surface area contributed by atoms with E-state index in [2.05, 4.69) is 44.3 Å². The molecule has 3 N–H and O–H groups in total. The molecule has 0 unspecified atom stereocenters. The van der Waals surface area contributed by atoms with Crippen molar-refractivity contribution in [1.82, 2.24) is 24.8 Å². The van der Waals surface area contributed by atoms with Crippen molar-refractivity contribution in [3.8, 4) is 11.5 Å². The maximum absolute atomic E-state index is 13.7. The van der Waals surface area contributed by atoms with Crippen LogP contribution in [0.15, 0.2) is 66.9 Å². The number of amides is 2. The van der Waals surface area contributed by atoms with E-state index in [4.69, 9.17) is 9.47 Å². The smallest absolute Gasteiger partial charge is 0.320 e. The zero-order valence-electron chi connectivity index (χ0n) is 29.2. The van der Waals surface area contributed by atoms with Crippen molar-refractivity contribution in [2.75, 3.05) is 37.5 Å². The Labute approximate surface area is 286 Å². The quantitative estimate of drug-likeness (QED) is 0.152. The van der Waals surface area contributed by atoms with Crippen LogP contribution in [0.3, 0.4) is 0 Å².